The van der Waals surface area contributed by atoms with Crippen molar-refractivity contribution in [2.45, 2.75) is 6.29 Å². The minimum Gasteiger partial charge on any atom is -0.353 e. The van der Waals surface area contributed by atoms with Crippen LogP contribution in [-0.2, 0) is 18.3 Å². The number of hydrogen-bond acceptors (Lipinski definition) is 4. The summed E-state index contributed by atoms with van der Waals surface area (Å²) in [4.78, 5) is 8.53. The highest BCUT2D eigenvalue weighted by atomic mass is 31.2. The Kier molecular flexibility index (Phi) is 1.88. The van der Waals surface area contributed by atoms with Crippen LogP contribution >= 0.6 is 7.82 Å². The van der Waals surface area contributed by atoms with Crippen molar-refractivity contribution in [2.75, 3.05) is 13.7 Å². The van der Waals surface area contributed by atoms with Gasteiger partial charge in [-0.2, -0.15) is 0 Å². The highest BCUT2D eigenvalue weighted by Gasteiger charge is 2.35. The summed E-state index contributed by atoms with van der Waals surface area (Å²) in [6.45, 7) is 0.0181. The van der Waals surface area contributed by atoms with E-state index in [1.807, 2.05) is 0 Å². The van der Waals surface area contributed by atoms with E-state index in [4.69, 9.17) is 4.89 Å². The van der Waals surface area contributed by atoms with E-state index in [0.717, 1.165) is 0 Å². The molecule has 1 aliphatic heterocycles. The molecule has 0 aliphatic carbocycles. The molecule has 0 saturated carbocycles. The van der Waals surface area contributed by atoms with Crippen LogP contribution < -0.4 is 0 Å². The number of rotatable bonds is 1. The van der Waals surface area contributed by atoms with E-state index in [0.29, 0.717) is 0 Å². The summed E-state index contributed by atoms with van der Waals surface area (Å²) in [6, 6.07) is 0. The van der Waals surface area contributed by atoms with Gasteiger partial charge in [-0.15, -0.1) is 0 Å². The van der Waals surface area contributed by atoms with Gasteiger partial charge in [0.05, 0.1) is 0 Å². The van der Waals surface area contributed by atoms with E-state index in [-0.39, 0.29) is 6.61 Å². The predicted octanol–water partition coefficient (Wildman–Crippen LogP) is 0.106. The van der Waals surface area contributed by atoms with Crippen LogP contribution in [0.3, 0.4) is 0 Å². The zero-order valence-electron chi connectivity index (χ0n) is 4.81. The quantitative estimate of drug-likeness (QED) is 0.543. The first-order valence-electron chi connectivity index (χ1n) is 2.32. The third kappa shape index (κ3) is 1.74. The molecule has 0 spiro atoms. The molecule has 0 aromatic heterocycles. The Morgan fingerprint density at radius 2 is 2.56 bits per heavy atom. The smallest absolute Gasteiger partial charge is 0.353 e. The van der Waals surface area contributed by atoms with Crippen molar-refractivity contribution in [3.8, 4) is 0 Å². The summed E-state index contributed by atoms with van der Waals surface area (Å²) in [6.07, 6.45) is -0.694. The van der Waals surface area contributed by atoms with Gasteiger partial charge in [0.2, 0.25) is 0 Å². The standard InChI is InChI=1S/C3H7O5P/c1-6-3-2-7-9(4,5)8-3/h3H,2H2,1H3,(H,4,5). The summed E-state index contributed by atoms with van der Waals surface area (Å²) in [7, 11) is -2.37. The second-order valence-electron chi connectivity index (χ2n) is 1.53. The predicted molar refractivity (Wildman–Crippen MR) is 27.7 cm³/mol. The topological polar surface area (TPSA) is 65.0 Å². The lowest BCUT2D eigenvalue weighted by Gasteiger charge is -2.01. The molecule has 1 N–H and O–H groups in total. The SMILES string of the molecule is COC1COP(=O)(O)O1. The van der Waals surface area contributed by atoms with Gasteiger partial charge in [-0.3, -0.25) is 9.05 Å². The van der Waals surface area contributed by atoms with Crippen molar-refractivity contribution in [1.29, 1.82) is 0 Å². The number of phosphoric acid groups is 1. The minimum absolute atomic E-state index is 0.0181. The van der Waals surface area contributed by atoms with Gasteiger partial charge in [0.25, 0.3) is 0 Å². The monoisotopic (exact) mass is 154 g/mol. The summed E-state index contributed by atoms with van der Waals surface area (Å²) in [5.74, 6) is 0. The van der Waals surface area contributed by atoms with E-state index < -0.39 is 14.1 Å². The molecule has 0 aromatic rings. The molecule has 1 saturated heterocycles. The van der Waals surface area contributed by atoms with Crippen molar-refractivity contribution in [2.24, 2.45) is 0 Å². The molecule has 1 fully saturated rings. The van der Waals surface area contributed by atoms with Crippen LogP contribution in [0.2, 0.25) is 0 Å². The average Bonchev–Trinajstić information content (AvgIpc) is 2.10. The summed E-state index contributed by atoms with van der Waals surface area (Å²) < 4.78 is 23.7. The second kappa shape index (κ2) is 2.36. The fourth-order valence-electron chi connectivity index (χ4n) is 0.476. The zero-order chi connectivity index (χ0) is 6.91. The average molecular weight is 154 g/mol. The van der Waals surface area contributed by atoms with Crippen LogP contribution in [-0.4, -0.2) is 24.9 Å². The number of phosphoric ester groups is 1. The van der Waals surface area contributed by atoms with Crippen LogP contribution in [0, 0.1) is 0 Å². The zero-order valence-corrected chi connectivity index (χ0v) is 5.71. The maximum atomic E-state index is 10.4. The van der Waals surface area contributed by atoms with Crippen LogP contribution in [0.4, 0.5) is 0 Å². The normalized spacial score (nSPS) is 43.6. The van der Waals surface area contributed by atoms with Gasteiger partial charge in [-0.05, 0) is 0 Å². The molecule has 1 heterocycles. The van der Waals surface area contributed by atoms with Crippen molar-refractivity contribution >= 4 is 7.82 Å². The molecule has 1 aliphatic rings. The lowest BCUT2D eigenvalue weighted by molar-refractivity contribution is -0.0408. The third-order valence-corrected chi connectivity index (χ3v) is 1.86. The molecule has 9 heavy (non-hydrogen) atoms. The van der Waals surface area contributed by atoms with Crippen LogP contribution in [0.5, 0.6) is 0 Å². The highest BCUT2D eigenvalue weighted by Crippen LogP contribution is 2.49. The first kappa shape index (κ1) is 7.18. The van der Waals surface area contributed by atoms with Crippen LogP contribution in [0.15, 0.2) is 0 Å². The molecule has 54 valence electrons. The lowest BCUT2D eigenvalue weighted by atomic mass is 10.7. The first-order chi connectivity index (χ1) is 4.14. The number of hydrogen-bond donors (Lipinski definition) is 1. The van der Waals surface area contributed by atoms with Gasteiger partial charge in [0.15, 0.2) is 6.29 Å². The van der Waals surface area contributed by atoms with Crippen molar-refractivity contribution < 1.29 is 23.2 Å². The van der Waals surface area contributed by atoms with Crippen LogP contribution in [0.25, 0.3) is 0 Å². The van der Waals surface area contributed by atoms with E-state index in [2.05, 4.69) is 13.8 Å². The fraction of sp³-hybridized carbons (Fsp3) is 1.00. The Labute approximate surface area is 52.1 Å². The summed E-state index contributed by atoms with van der Waals surface area (Å²) in [5.41, 5.74) is 0. The molecule has 2 atom stereocenters. The lowest BCUT2D eigenvalue weighted by Crippen LogP contribution is -2.10. The summed E-state index contributed by atoms with van der Waals surface area (Å²) >= 11 is 0. The molecule has 0 aromatic carbocycles. The van der Waals surface area contributed by atoms with Gasteiger partial charge in [-0.1, -0.05) is 0 Å². The van der Waals surface area contributed by atoms with Crippen molar-refractivity contribution in [3.63, 3.8) is 0 Å². The molecular formula is C3H7O5P. The Hall–Kier alpha value is 0.0700. The van der Waals surface area contributed by atoms with Crippen molar-refractivity contribution in [3.05, 3.63) is 0 Å². The van der Waals surface area contributed by atoms with Crippen LogP contribution in [0.1, 0.15) is 0 Å². The maximum absolute atomic E-state index is 10.4. The maximum Gasteiger partial charge on any atom is 0.474 e. The van der Waals surface area contributed by atoms with Gasteiger partial charge < -0.3 is 9.63 Å². The first-order valence-corrected chi connectivity index (χ1v) is 3.82. The van der Waals surface area contributed by atoms with Gasteiger partial charge in [0.1, 0.15) is 6.61 Å². The Balaban J connectivity index is 2.47. The minimum atomic E-state index is -3.74. The second-order valence-corrected chi connectivity index (χ2v) is 2.94. The van der Waals surface area contributed by atoms with E-state index in [9.17, 15) is 4.57 Å². The molecule has 0 radical (unpaired) electrons. The van der Waals surface area contributed by atoms with E-state index in [1.54, 1.807) is 0 Å². The number of methoxy groups -OCH3 is 1. The Morgan fingerprint density at radius 1 is 1.89 bits per heavy atom. The van der Waals surface area contributed by atoms with Gasteiger partial charge in [0, 0.05) is 7.11 Å². The highest BCUT2D eigenvalue weighted by molar-refractivity contribution is 7.47. The van der Waals surface area contributed by atoms with E-state index in [1.165, 1.54) is 7.11 Å². The van der Waals surface area contributed by atoms with Gasteiger partial charge >= 0.3 is 7.82 Å². The van der Waals surface area contributed by atoms with Crippen molar-refractivity contribution in [1.82, 2.24) is 0 Å². The molecular weight excluding hydrogens is 147 g/mol. The van der Waals surface area contributed by atoms with E-state index >= 15 is 0 Å². The molecule has 2 unspecified atom stereocenters. The molecule has 5 nitrogen and oxygen atoms in total. The van der Waals surface area contributed by atoms with Gasteiger partial charge in [-0.25, -0.2) is 4.57 Å². The third-order valence-electron chi connectivity index (χ3n) is 0.887. The summed E-state index contributed by atoms with van der Waals surface area (Å²) in [5, 5.41) is 0. The molecule has 1 rings (SSSR count). The fourth-order valence-corrected chi connectivity index (χ4v) is 1.29. The molecule has 6 heteroatoms. The Morgan fingerprint density at radius 3 is 2.78 bits per heavy atom. The largest absolute Gasteiger partial charge is 0.474 e. The molecule has 0 amide bonds. The Bertz CT molecular complexity index is 145. The molecule has 0 bridgehead atoms. The number of ether oxygens (including phenoxy) is 1.